The molecular formula is C11H14N4. The Kier molecular flexibility index (Phi) is 2.28. The number of pyridine rings is 1. The smallest absolute Gasteiger partial charge is 0.0995 e. The van der Waals surface area contributed by atoms with Crippen molar-refractivity contribution in [2.75, 3.05) is 0 Å². The maximum atomic E-state index is 6.06. The zero-order valence-corrected chi connectivity index (χ0v) is 8.88. The summed E-state index contributed by atoms with van der Waals surface area (Å²) in [4.78, 5) is 8.19. The molecule has 4 nitrogen and oxygen atoms in total. The van der Waals surface area contributed by atoms with Gasteiger partial charge >= 0.3 is 0 Å². The predicted octanol–water partition coefficient (Wildman–Crippen LogP) is 1.46. The minimum atomic E-state index is -0.410. The van der Waals surface area contributed by atoms with E-state index in [9.17, 15) is 0 Å². The highest BCUT2D eigenvalue weighted by atomic mass is 15.1. The standard InChI is InChI=1S/C11H14N4/c1-11(2,12)10-7-14-8-15(10)9-4-3-5-13-6-9/h3-8H,12H2,1-2H3. The van der Waals surface area contributed by atoms with E-state index >= 15 is 0 Å². The highest BCUT2D eigenvalue weighted by Gasteiger charge is 2.19. The fourth-order valence-electron chi connectivity index (χ4n) is 1.47. The van der Waals surface area contributed by atoms with Crippen molar-refractivity contribution in [3.05, 3.63) is 42.7 Å². The van der Waals surface area contributed by atoms with Crippen LogP contribution in [-0.4, -0.2) is 14.5 Å². The van der Waals surface area contributed by atoms with Gasteiger partial charge in [0.2, 0.25) is 0 Å². The van der Waals surface area contributed by atoms with Crippen molar-refractivity contribution in [2.45, 2.75) is 19.4 Å². The van der Waals surface area contributed by atoms with Crippen LogP contribution in [-0.2, 0) is 5.54 Å². The van der Waals surface area contributed by atoms with E-state index in [-0.39, 0.29) is 0 Å². The third-order valence-corrected chi connectivity index (χ3v) is 2.22. The summed E-state index contributed by atoms with van der Waals surface area (Å²) in [6.45, 7) is 3.91. The van der Waals surface area contributed by atoms with Gasteiger partial charge in [-0.25, -0.2) is 4.98 Å². The number of imidazole rings is 1. The molecule has 0 amide bonds. The van der Waals surface area contributed by atoms with Crippen LogP contribution in [0.3, 0.4) is 0 Å². The average molecular weight is 202 g/mol. The Balaban J connectivity index is 2.51. The maximum absolute atomic E-state index is 6.06. The Labute approximate surface area is 88.8 Å². The first-order valence-electron chi connectivity index (χ1n) is 4.81. The van der Waals surface area contributed by atoms with Crippen molar-refractivity contribution in [3.63, 3.8) is 0 Å². The van der Waals surface area contributed by atoms with Crippen LogP contribution in [0.4, 0.5) is 0 Å². The second kappa shape index (κ2) is 3.47. The van der Waals surface area contributed by atoms with Crippen LogP contribution in [0.15, 0.2) is 37.1 Å². The molecule has 0 atom stereocenters. The molecule has 78 valence electrons. The number of nitrogens with two attached hydrogens (primary N) is 1. The van der Waals surface area contributed by atoms with Crippen molar-refractivity contribution in [2.24, 2.45) is 5.73 Å². The van der Waals surface area contributed by atoms with Crippen molar-refractivity contribution in [1.29, 1.82) is 0 Å². The van der Waals surface area contributed by atoms with Crippen LogP contribution in [0.1, 0.15) is 19.5 Å². The Morgan fingerprint density at radius 2 is 2.07 bits per heavy atom. The second-order valence-electron chi connectivity index (χ2n) is 4.08. The van der Waals surface area contributed by atoms with Crippen LogP contribution in [0, 0.1) is 0 Å². The Hall–Kier alpha value is -1.68. The summed E-state index contributed by atoms with van der Waals surface area (Å²) in [7, 11) is 0. The van der Waals surface area contributed by atoms with E-state index in [4.69, 9.17) is 5.73 Å². The highest BCUT2D eigenvalue weighted by molar-refractivity contribution is 5.32. The summed E-state index contributed by atoms with van der Waals surface area (Å²) in [5, 5.41) is 0. The zero-order valence-electron chi connectivity index (χ0n) is 8.88. The van der Waals surface area contributed by atoms with Gasteiger partial charge in [0.05, 0.1) is 35.6 Å². The number of aromatic nitrogens is 3. The zero-order chi connectivity index (χ0) is 10.9. The molecular weight excluding hydrogens is 188 g/mol. The molecule has 0 saturated heterocycles. The van der Waals surface area contributed by atoms with Crippen molar-refractivity contribution >= 4 is 0 Å². The van der Waals surface area contributed by atoms with E-state index in [1.165, 1.54) is 0 Å². The van der Waals surface area contributed by atoms with Crippen molar-refractivity contribution < 1.29 is 0 Å². The molecule has 0 unspecified atom stereocenters. The molecule has 15 heavy (non-hydrogen) atoms. The topological polar surface area (TPSA) is 56.7 Å². The first-order valence-corrected chi connectivity index (χ1v) is 4.81. The molecule has 0 aliphatic carbocycles. The molecule has 0 aromatic carbocycles. The fourth-order valence-corrected chi connectivity index (χ4v) is 1.47. The van der Waals surface area contributed by atoms with Crippen LogP contribution < -0.4 is 5.73 Å². The second-order valence-corrected chi connectivity index (χ2v) is 4.08. The van der Waals surface area contributed by atoms with Gasteiger partial charge < -0.3 is 5.73 Å². The van der Waals surface area contributed by atoms with E-state index in [1.54, 1.807) is 24.9 Å². The van der Waals surface area contributed by atoms with Gasteiger partial charge in [-0.15, -0.1) is 0 Å². The molecule has 4 heteroatoms. The first kappa shape index (κ1) is 9.86. The molecule has 2 aromatic heterocycles. The average Bonchev–Trinajstić information content (AvgIpc) is 2.67. The van der Waals surface area contributed by atoms with Gasteiger partial charge in [-0.1, -0.05) is 0 Å². The molecule has 0 bridgehead atoms. The summed E-state index contributed by atoms with van der Waals surface area (Å²) < 4.78 is 1.95. The molecule has 0 fully saturated rings. The highest BCUT2D eigenvalue weighted by Crippen LogP contribution is 2.19. The third kappa shape index (κ3) is 1.89. The van der Waals surface area contributed by atoms with Gasteiger partial charge in [0, 0.05) is 6.20 Å². The molecule has 2 heterocycles. The Bertz CT molecular complexity index is 439. The number of hydrogen-bond donors (Lipinski definition) is 1. The van der Waals surface area contributed by atoms with E-state index in [1.807, 2.05) is 30.5 Å². The predicted molar refractivity (Wildman–Crippen MR) is 58.6 cm³/mol. The number of nitrogens with zero attached hydrogens (tertiary/aromatic N) is 3. The largest absolute Gasteiger partial charge is 0.321 e. The minimum absolute atomic E-state index is 0.410. The molecule has 0 aliphatic heterocycles. The number of rotatable bonds is 2. The summed E-state index contributed by atoms with van der Waals surface area (Å²) in [5.74, 6) is 0. The fraction of sp³-hybridized carbons (Fsp3) is 0.273. The molecule has 2 rings (SSSR count). The molecule has 0 saturated carbocycles. The molecule has 0 aliphatic rings. The molecule has 2 aromatic rings. The monoisotopic (exact) mass is 202 g/mol. The summed E-state index contributed by atoms with van der Waals surface area (Å²) in [6.07, 6.45) is 7.07. The van der Waals surface area contributed by atoms with E-state index < -0.39 is 5.54 Å². The van der Waals surface area contributed by atoms with Gasteiger partial charge in [-0.2, -0.15) is 0 Å². The van der Waals surface area contributed by atoms with Gasteiger partial charge in [-0.05, 0) is 26.0 Å². The van der Waals surface area contributed by atoms with Crippen LogP contribution in [0.5, 0.6) is 0 Å². The van der Waals surface area contributed by atoms with Gasteiger partial charge in [-0.3, -0.25) is 9.55 Å². The van der Waals surface area contributed by atoms with Crippen molar-refractivity contribution in [1.82, 2.24) is 14.5 Å². The van der Waals surface area contributed by atoms with Crippen LogP contribution in [0.2, 0.25) is 0 Å². The van der Waals surface area contributed by atoms with E-state index in [0.717, 1.165) is 11.4 Å². The Morgan fingerprint density at radius 1 is 1.27 bits per heavy atom. The van der Waals surface area contributed by atoms with Crippen molar-refractivity contribution in [3.8, 4) is 5.69 Å². The van der Waals surface area contributed by atoms with Gasteiger partial charge in [0.15, 0.2) is 0 Å². The van der Waals surface area contributed by atoms with Gasteiger partial charge in [0.1, 0.15) is 0 Å². The lowest BCUT2D eigenvalue weighted by atomic mass is 10.0. The Morgan fingerprint density at radius 3 is 2.67 bits per heavy atom. The van der Waals surface area contributed by atoms with Gasteiger partial charge in [0.25, 0.3) is 0 Å². The third-order valence-electron chi connectivity index (χ3n) is 2.22. The molecule has 0 spiro atoms. The lowest BCUT2D eigenvalue weighted by molar-refractivity contribution is 0.524. The molecule has 2 N–H and O–H groups in total. The quantitative estimate of drug-likeness (QED) is 0.802. The van der Waals surface area contributed by atoms with Crippen LogP contribution in [0.25, 0.3) is 5.69 Å². The summed E-state index contributed by atoms with van der Waals surface area (Å²) in [5.41, 5.74) is 7.59. The van der Waals surface area contributed by atoms with Crippen LogP contribution >= 0.6 is 0 Å². The summed E-state index contributed by atoms with van der Waals surface area (Å²) >= 11 is 0. The lowest BCUT2D eigenvalue weighted by Gasteiger charge is -2.20. The number of hydrogen-bond acceptors (Lipinski definition) is 3. The van der Waals surface area contributed by atoms with E-state index in [2.05, 4.69) is 9.97 Å². The first-order chi connectivity index (χ1) is 7.09. The van der Waals surface area contributed by atoms with E-state index in [0.29, 0.717) is 0 Å². The molecule has 0 radical (unpaired) electrons. The summed E-state index contributed by atoms with van der Waals surface area (Å²) in [6, 6.07) is 3.87. The minimum Gasteiger partial charge on any atom is -0.321 e. The maximum Gasteiger partial charge on any atom is 0.0995 e. The normalized spacial score (nSPS) is 11.7. The lowest BCUT2D eigenvalue weighted by Crippen LogP contribution is -2.31. The SMILES string of the molecule is CC(C)(N)c1cncn1-c1cccnc1.